The van der Waals surface area contributed by atoms with E-state index in [0.29, 0.717) is 6.04 Å². The van der Waals surface area contributed by atoms with Crippen LogP contribution in [0.15, 0.2) is 24.3 Å². The third kappa shape index (κ3) is 2.64. The van der Waals surface area contributed by atoms with Gasteiger partial charge < -0.3 is 10.1 Å². The van der Waals surface area contributed by atoms with E-state index in [-0.39, 0.29) is 0 Å². The molecule has 1 aromatic rings. The Morgan fingerprint density at radius 1 is 1.26 bits per heavy atom. The van der Waals surface area contributed by atoms with Gasteiger partial charge in [0.15, 0.2) is 0 Å². The molecule has 0 spiro atoms. The molecule has 0 heterocycles. The summed E-state index contributed by atoms with van der Waals surface area (Å²) in [6, 6.07) is 8.93. The Labute approximate surface area is 116 Å². The van der Waals surface area contributed by atoms with Gasteiger partial charge in [-0.2, -0.15) is 0 Å². The van der Waals surface area contributed by atoms with Gasteiger partial charge in [-0.25, -0.2) is 0 Å². The number of para-hydroxylation sites is 1. The van der Waals surface area contributed by atoms with Crippen LogP contribution < -0.4 is 10.1 Å². The average molecular weight is 259 g/mol. The van der Waals surface area contributed by atoms with Crippen molar-refractivity contribution >= 4 is 0 Å². The van der Waals surface area contributed by atoms with Crippen molar-refractivity contribution in [2.45, 2.75) is 45.2 Å². The predicted molar refractivity (Wildman–Crippen MR) is 78.2 cm³/mol. The molecule has 0 amide bonds. The van der Waals surface area contributed by atoms with Crippen molar-refractivity contribution in [2.24, 2.45) is 17.8 Å². The summed E-state index contributed by atoms with van der Waals surface area (Å²) in [5.74, 6) is 3.92. The topological polar surface area (TPSA) is 21.3 Å². The first-order valence-electron chi connectivity index (χ1n) is 7.63. The summed E-state index contributed by atoms with van der Waals surface area (Å²) < 4.78 is 5.41. The standard InChI is InChI=1S/C17H25NO/c1-12(16-10-13-7-8-14(16)9-13)18-11-15-5-3-4-6-17(15)19-2/h3-6,12-14,16,18H,7-11H2,1-2H3/t12-,13+,14+,16-/m1/s1. The molecule has 2 nitrogen and oxygen atoms in total. The molecule has 2 saturated carbocycles. The molecule has 0 unspecified atom stereocenters. The second kappa shape index (κ2) is 5.54. The normalized spacial score (nSPS) is 30.5. The zero-order chi connectivity index (χ0) is 13.2. The molecule has 2 fully saturated rings. The molecular formula is C17H25NO. The third-order valence-corrected chi connectivity index (χ3v) is 5.24. The van der Waals surface area contributed by atoms with Gasteiger partial charge in [0.25, 0.3) is 0 Å². The van der Waals surface area contributed by atoms with Crippen LogP contribution in [-0.4, -0.2) is 13.2 Å². The smallest absolute Gasteiger partial charge is 0.123 e. The Morgan fingerprint density at radius 3 is 2.79 bits per heavy atom. The van der Waals surface area contributed by atoms with Crippen molar-refractivity contribution in [2.75, 3.05) is 7.11 Å². The van der Waals surface area contributed by atoms with Gasteiger partial charge in [0, 0.05) is 18.2 Å². The van der Waals surface area contributed by atoms with Gasteiger partial charge in [0.2, 0.25) is 0 Å². The molecule has 3 rings (SSSR count). The van der Waals surface area contributed by atoms with Crippen LogP contribution in [0.4, 0.5) is 0 Å². The summed E-state index contributed by atoms with van der Waals surface area (Å²) in [5.41, 5.74) is 1.26. The van der Waals surface area contributed by atoms with Gasteiger partial charge in [-0.05, 0) is 50.0 Å². The van der Waals surface area contributed by atoms with Gasteiger partial charge in [-0.15, -0.1) is 0 Å². The van der Waals surface area contributed by atoms with Crippen LogP contribution in [0.1, 0.15) is 38.2 Å². The molecule has 2 heteroatoms. The number of benzene rings is 1. The molecule has 1 aromatic carbocycles. The molecule has 0 radical (unpaired) electrons. The number of nitrogens with one attached hydrogen (secondary N) is 1. The number of hydrogen-bond acceptors (Lipinski definition) is 2. The molecule has 4 atom stereocenters. The minimum absolute atomic E-state index is 0.625. The van der Waals surface area contributed by atoms with Crippen molar-refractivity contribution in [3.8, 4) is 5.75 Å². The predicted octanol–water partition coefficient (Wildman–Crippen LogP) is 3.61. The second-order valence-corrected chi connectivity index (χ2v) is 6.32. The zero-order valence-corrected chi connectivity index (χ0v) is 12.1. The number of fused-ring (bicyclic) bond motifs is 2. The second-order valence-electron chi connectivity index (χ2n) is 6.32. The van der Waals surface area contributed by atoms with Gasteiger partial charge in [0.05, 0.1) is 7.11 Å². The Hall–Kier alpha value is -1.02. The zero-order valence-electron chi connectivity index (χ0n) is 12.1. The minimum atomic E-state index is 0.625. The molecule has 0 aromatic heterocycles. The fraction of sp³-hybridized carbons (Fsp3) is 0.647. The highest BCUT2D eigenvalue weighted by Crippen LogP contribution is 2.49. The number of methoxy groups -OCH3 is 1. The summed E-state index contributed by atoms with van der Waals surface area (Å²) in [5, 5.41) is 3.72. The van der Waals surface area contributed by atoms with E-state index in [1.807, 2.05) is 12.1 Å². The highest BCUT2D eigenvalue weighted by molar-refractivity contribution is 5.33. The van der Waals surface area contributed by atoms with E-state index >= 15 is 0 Å². The van der Waals surface area contributed by atoms with Crippen LogP contribution in [0.3, 0.4) is 0 Å². The Kier molecular flexibility index (Phi) is 3.79. The lowest BCUT2D eigenvalue weighted by molar-refractivity contribution is 0.258. The summed E-state index contributed by atoms with van der Waals surface area (Å²) in [7, 11) is 1.75. The summed E-state index contributed by atoms with van der Waals surface area (Å²) in [4.78, 5) is 0. The summed E-state index contributed by atoms with van der Waals surface area (Å²) in [6.07, 6.45) is 5.90. The monoisotopic (exact) mass is 259 g/mol. The fourth-order valence-corrected chi connectivity index (χ4v) is 4.18. The average Bonchev–Trinajstić information content (AvgIpc) is 3.07. The maximum absolute atomic E-state index is 5.41. The van der Waals surface area contributed by atoms with Crippen molar-refractivity contribution in [1.29, 1.82) is 0 Å². The lowest BCUT2D eigenvalue weighted by Crippen LogP contribution is -2.35. The van der Waals surface area contributed by atoms with Gasteiger partial charge in [-0.1, -0.05) is 24.6 Å². The van der Waals surface area contributed by atoms with Crippen LogP contribution in [0.5, 0.6) is 5.75 Å². The largest absolute Gasteiger partial charge is 0.496 e. The van der Waals surface area contributed by atoms with E-state index in [2.05, 4.69) is 24.4 Å². The molecule has 2 aliphatic carbocycles. The van der Waals surface area contributed by atoms with E-state index in [1.54, 1.807) is 7.11 Å². The summed E-state index contributed by atoms with van der Waals surface area (Å²) >= 11 is 0. The van der Waals surface area contributed by atoms with Gasteiger partial charge >= 0.3 is 0 Å². The quantitative estimate of drug-likeness (QED) is 0.872. The Morgan fingerprint density at radius 2 is 2.11 bits per heavy atom. The van der Waals surface area contributed by atoms with Gasteiger partial charge in [0.1, 0.15) is 5.75 Å². The maximum atomic E-state index is 5.41. The maximum Gasteiger partial charge on any atom is 0.123 e. The first-order chi connectivity index (χ1) is 9.28. The Balaban J connectivity index is 1.57. The highest BCUT2D eigenvalue weighted by atomic mass is 16.5. The van der Waals surface area contributed by atoms with Crippen LogP contribution in [0, 0.1) is 17.8 Å². The SMILES string of the molecule is COc1ccccc1CN[C@H](C)[C@H]1C[C@H]2CC[C@H]1C2. The molecule has 19 heavy (non-hydrogen) atoms. The number of hydrogen-bond donors (Lipinski definition) is 1. The van der Waals surface area contributed by atoms with E-state index < -0.39 is 0 Å². The first kappa shape index (κ1) is 13.0. The minimum Gasteiger partial charge on any atom is -0.496 e. The molecule has 1 N–H and O–H groups in total. The Bertz CT molecular complexity index is 431. The van der Waals surface area contributed by atoms with Crippen molar-refractivity contribution in [3.05, 3.63) is 29.8 Å². The lowest BCUT2D eigenvalue weighted by Gasteiger charge is -2.28. The summed E-state index contributed by atoms with van der Waals surface area (Å²) in [6.45, 7) is 3.28. The lowest BCUT2D eigenvalue weighted by atomic mass is 9.84. The van der Waals surface area contributed by atoms with E-state index in [4.69, 9.17) is 4.74 Å². The number of rotatable bonds is 5. The van der Waals surface area contributed by atoms with E-state index in [9.17, 15) is 0 Å². The molecule has 0 saturated heterocycles. The van der Waals surface area contributed by atoms with E-state index in [0.717, 1.165) is 30.0 Å². The van der Waals surface area contributed by atoms with Crippen molar-refractivity contribution < 1.29 is 4.74 Å². The molecule has 104 valence electrons. The van der Waals surface area contributed by atoms with E-state index in [1.165, 1.54) is 31.2 Å². The third-order valence-electron chi connectivity index (χ3n) is 5.24. The highest BCUT2D eigenvalue weighted by Gasteiger charge is 2.41. The molecule has 2 aliphatic rings. The van der Waals surface area contributed by atoms with Crippen LogP contribution in [0.25, 0.3) is 0 Å². The fourth-order valence-electron chi connectivity index (χ4n) is 4.18. The van der Waals surface area contributed by atoms with Crippen LogP contribution in [0.2, 0.25) is 0 Å². The van der Waals surface area contributed by atoms with Crippen molar-refractivity contribution in [1.82, 2.24) is 5.32 Å². The van der Waals surface area contributed by atoms with Crippen LogP contribution in [-0.2, 0) is 6.54 Å². The van der Waals surface area contributed by atoms with Crippen LogP contribution >= 0.6 is 0 Å². The molecular weight excluding hydrogens is 234 g/mol. The van der Waals surface area contributed by atoms with Crippen molar-refractivity contribution in [3.63, 3.8) is 0 Å². The number of ether oxygens (including phenoxy) is 1. The van der Waals surface area contributed by atoms with Gasteiger partial charge in [-0.3, -0.25) is 0 Å². The molecule has 0 aliphatic heterocycles. The first-order valence-corrected chi connectivity index (χ1v) is 7.63. The molecule has 2 bridgehead atoms.